The third-order valence-corrected chi connectivity index (χ3v) is 23.1. The highest BCUT2D eigenvalue weighted by Gasteiger charge is 2.46. The molecule has 0 saturated heterocycles. The van der Waals surface area contributed by atoms with Gasteiger partial charge in [0.25, 0.3) is 0 Å². The van der Waals surface area contributed by atoms with Crippen molar-refractivity contribution in [2.75, 3.05) is 0 Å². The van der Waals surface area contributed by atoms with E-state index in [1.807, 2.05) is 0 Å². The number of rotatable bonds is 5. The largest absolute Gasteiger partial charge is 0.0953 e. The maximum Gasteiger partial charge on any atom is 0.0499 e. The Morgan fingerprint density at radius 3 is 1.23 bits per heavy atom. The second-order valence-electron chi connectivity index (χ2n) is 14.9. The Hall–Kier alpha value is -0.176. The molecule has 1 aromatic carbocycles. The van der Waals surface area contributed by atoms with Crippen LogP contribution >= 0.6 is 7.92 Å². The van der Waals surface area contributed by atoms with Gasteiger partial charge in [-0.1, -0.05) is 134 Å². The molecule has 31 heavy (non-hydrogen) atoms. The number of benzene rings is 1. The first kappa shape index (κ1) is 28.9. The van der Waals surface area contributed by atoms with Crippen molar-refractivity contribution in [3.8, 4) is 0 Å². The van der Waals surface area contributed by atoms with E-state index in [0.29, 0.717) is 0 Å². The summed E-state index contributed by atoms with van der Waals surface area (Å²) < 4.78 is 0. The molecule has 3 heteroatoms. The minimum Gasteiger partial charge on any atom is -0.0953 e. The van der Waals surface area contributed by atoms with Crippen LogP contribution in [0, 0.1) is 0 Å². The predicted octanol–water partition coefficient (Wildman–Crippen LogP) is 9.34. The Kier molecular flexibility index (Phi) is 8.27. The summed E-state index contributed by atoms with van der Waals surface area (Å²) in [5.74, 6) is 0. The molecule has 0 fully saturated rings. The van der Waals surface area contributed by atoms with E-state index in [0.717, 1.165) is 4.91 Å². The highest BCUT2D eigenvalue weighted by Crippen LogP contribution is 2.57. The van der Waals surface area contributed by atoms with Crippen molar-refractivity contribution in [1.82, 2.24) is 0 Å². The highest BCUT2D eigenvalue weighted by atomic mass is 31.1. The SMILES string of the molecule is C=C(C)P(c1c(C(C)(C)C)cc(C(C)(C)C)cc1C(C)(C)C)C([Si](C)(C)C)[Si](C)(C)C. The van der Waals surface area contributed by atoms with Crippen LogP contribution in [-0.2, 0) is 16.2 Å². The standard InChI is InChI=1S/C28H53PSi2/c1-20(2)29(25(30(12,13)14)31(15,16)17)24-22(27(6,7)8)18-21(26(3,4)5)19-23(24)28(9,10)11/h18-19,25H,1H2,2-17H3. The smallest absolute Gasteiger partial charge is 0.0499 e. The van der Waals surface area contributed by atoms with Crippen molar-refractivity contribution in [1.29, 1.82) is 0 Å². The molecule has 0 aromatic heterocycles. The summed E-state index contributed by atoms with van der Waals surface area (Å²) >= 11 is 0. The quantitative estimate of drug-likeness (QED) is 0.293. The van der Waals surface area contributed by atoms with Gasteiger partial charge in [-0.15, -0.1) is 0 Å². The summed E-state index contributed by atoms with van der Waals surface area (Å²) in [4.78, 5) is 0.815. The van der Waals surface area contributed by atoms with Crippen LogP contribution in [0.4, 0.5) is 0 Å². The zero-order chi connectivity index (χ0) is 25.0. The molecule has 0 bridgehead atoms. The van der Waals surface area contributed by atoms with Crippen LogP contribution in [0.3, 0.4) is 0 Å². The molecule has 1 aromatic rings. The molecule has 0 aliphatic carbocycles. The van der Waals surface area contributed by atoms with Gasteiger partial charge in [-0.3, -0.25) is 0 Å². The van der Waals surface area contributed by atoms with E-state index < -0.39 is 24.1 Å². The normalized spacial score (nSPS) is 15.4. The number of allylic oxidation sites excluding steroid dienone is 1. The molecule has 0 N–H and O–H groups in total. The monoisotopic (exact) mass is 476 g/mol. The second kappa shape index (κ2) is 8.88. The van der Waals surface area contributed by atoms with Crippen molar-refractivity contribution in [3.05, 3.63) is 40.7 Å². The molecule has 0 spiro atoms. The first-order valence-electron chi connectivity index (χ1n) is 12.0. The van der Waals surface area contributed by atoms with Crippen LogP contribution in [0.2, 0.25) is 39.3 Å². The van der Waals surface area contributed by atoms with E-state index in [4.69, 9.17) is 0 Å². The summed E-state index contributed by atoms with van der Waals surface area (Å²) in [7, 11) is -3.27. The highest BCUT2D eigenvalue weighted by molar-refractivity contribution is 7.75. The molecule has 1 rings (SSSR count). The first-order chi connectivity index (χ1) is 13.4. The van der Waals surface area contributed by atoms with E-state index in [1.54, 1.807) is 16.4 Å². The van der Waals surface area contributed by atoms with E-state index in [-0.39, 0.29) is 16.2 Å². The predicted molar refractivity (Wildman–Crippen MR) is 154 cm³/mol. The molecular weight excluding hydrogens is 423 g/mol. The summed E-state index contributed by atoms with van der Waals surface area (Å²) in [6.07, 6.45) is 0. The Balaban J connectivity index is 4.29. The van der Waals surface area contributed by atoms with Crippen LogP contribution in [0.1, 0.15) is 85.9 Å². The van der Waals surface area contributed by atoms with Crippen molar-refractivity contribution in [2.24, 2.45) is 0 Å². The molecule has 178 valence electrons. The fourth-order valence-electron chi connectivity index (χ4n) is 5.08. The van der Waals surface area contributed by atoms with E-state index in [9.17, 15) is 0 Å². The molecule has 0 heterocycles. The van der Waals surface area contributed by atoms with E-state index in [2.05, 4.69) is 127 Å². The molecule has 0 amide bonds. The van der Waals surface area contributed by atoms with Crippen molar-refractivity contribution < 1.29 is 0 Å². The second-order valence-corrected chi connectivity index (χ2v) is 29.5. The Morgan fingerprint density at radius 2 is 1.03 bits per heavy atom. The summed E-state index contributed by atoms with van der Waals surface area (Å²) in [5, 5.41) is 3.09. The van der Waals surface area contributed by atoms with Gasteiger partial charge in [-0.2, -0.15) is 0 Å². The van der Waals surface area contributed by atoms with Gasteiger partial charge in [0.15, 0.2) is 0 Å². The molecule has 0 nitrogen and oxygen atoms in total. The molecule has 0 aliphatic heterocycles. The Morgan fingerprint density at radius 1 is 0.710 bits per heavy atom. The van der Waals surface area contributed by atoms with Crippen molar-refractivity contribution in [2.45, 2.75) is 130 Å². The third kappa shape index (κ3) is 6.91. The van der Waals surface area contributed by atoms with Crippen molar-refractivity contribution >= 4 is 29.4 Å². The van der Waals surface area contributed by atoms with Gasteiger partial charge in [0.1, 0.15) is 0 Å². The van der Waals surface area contributed by atoms with E-state index in [1.165, 1.54) is 10.9 Å². The summed E-state index contributed by atoms with van der Waals surface area (Å²) in [6, 6.07) is 5.13. The summed E-state index contributed by atoms with van der Waals surface area (Å²) in [6.45, 7) is 44.2. The lowest BCUT2D eigenvalue weighted by molar-refractivity contribution is 0.553. The van der Waals surface area contributed by atoms with Crippen LogP contribution < -0.4 is 5.30 Å². The average molecular weight is 477 g/mol. The molecule has 1 atom stereocenters. The van der Waals surface area contributed by atoms with Gasteiger partial charge in [-0.25, -0.2) is 0 Å². The zero-order valence-electron chi connectivity index (χ0n) is 23.9. The molecular formula is C28H53PSi2. The lowest BCUT2D eigenvalue weighted by Gasteiger charge is -2.47. The molecule has 0 saturated carbocycles. The van der Waals surface area contributed by atoms with Gasteiger partial charge in [0.05, 0.1) is 0 Å². The fourth-order valence-corrected chi connectivity index (χ4v) is 26.2. The summed E-state index contributed by atoms with van der Waals surface area (Å²) in [5.41, 5.74) is 4.97. The lowest BCUT2D eigenvalue weighted by atomic mass is 9.75. The lowest BCUT2D eigenvalue weighted by Crippen LogP contribution is -2.54. The minimum absolute atomic E-state index is 0.107. The van der Waals surface area contributed by atoms with Gasteiger partial charge >= 0.3 is 0 Å². The Bertz CT molecular complexity index is 751. The average Bonchev–Trinajstić information content (AvgIpc) is 2.45. The molecule has 0 radical (unpaired) electrons. The molecule has 1 unspecified atom stereocenters. The van der Waals surface area contributed by atoms with E-state index >= 15 is 0 Å². The third-order valence-electron chi connectivity index (χ3n) is 6.14. The minimum atomic E-state index is -1.42. The van der Waals surface area contributed by atoms with Crippen LogP contribution in [-0.4, -0.2) is 21.1 Å². The first-order valence-corrected chi connectivity index (χ1v) is 20.6. The van der Waals surface area contributed by atoms with Crippen LogP contribution in [0.25, 0.3) is 0 Å². The number of hydrogen-bond donors (Lipinski definition) is 0. The van der Waals surface area contributed by atoms with Crippen molar-refractivity contribution in [3.63, 3.8) is 0 Å². The Labute approximate surface area is 199 Å². The van der Waals surface area contributed by atoms with Crippen LogP contribution in [0.15, 0.2) is 24.0 Å². The zero-order valence-corrected chi connectivity index (χ0v) is 26.8. The molecule has 0 aliphatic rings. The fraction of sp³-hybridized carbons (Fsp3) is 0.714. The maximum atomic E-state index is 4.67. The maximum absolute atomic E-state index is 4.67. The van der Waals surface area contributed by atoms with Gasteiger partial charge in [0.2, 0.25) is 0 Å². The van der Waals surface area contributed by atoms with Gasteiger partial charge in [0, 0.05) is 16.1 Å². The number of hydrogen-bond acceptors (Lipinski definition) is 0. The topological polar surface area (TPSA) is 0 Å². The van der Waals surface area contributed by atoms with Crippen LogP contribution in [0.5, 0.6) is 0 Å². The van der Waals surface area contributed by atoms with Gasteiger partial charge in [-0.05, 0) is 50.1 Å². The van der Waals surface area contributed by atoms with Gasteiger partial charge < -0.3 is 0 Å².